The predicted molar refractivity (Wildman–Crippen MR) is 79.7 cm³/mol. The molecule has 1 aromatic carbocycles. The highest BCUT2D eigenvalue weighted by molar-refractivity contribution is 7.91. The van der Waals surface area contributed by atoms with Crippen LogP contribution < -0.4 is 5.32 Å². The number of hydrogen-bond acceptors (Lipinski definition) is 4. The van der Waals surface area contributed by atoms with Crippen molar-refractivity contribution in [2.45, 2.75) is 31.2 Å². The zero-order valence-corrected chi connectivity index (χ0v) is 13.2. The van der Waals surface area contributed by atoms with Crippen molar-refractivity contribution in [2.24, 2.45) is 5.92 Å². The molecule has 1 N–H and O–H groups in total. The number of sulfone groups is 1. The van der Waals surface area contributed by atoms with E-state index in [9.17, 15) is 8.42 Å². The molecule has 20 heavy (non-hydrogen) atoms. The molecule has 0 aliphatic carbocycles. The third kappa shape index (κ3) is 3.40. The first kappa shape index (κ1) is 15.5. The SMILES string of the molecule is CNC(CS(=O)(=O)c1cc(C)ccc1C)C1CCOC1. The van der Waals surface area contributed by atoms with Gasteiger partial charge in [0.25, 0.3) is 0 Å². The van der Waals surface area contributed by atoms with Crippen LogP contribution in [0.1, 0.15) is 17.5 Å². The molecule has 1 heterocycles. The lowest BCUT2D eigenvalue weighted by molar-refractivity contribution is 0.179. The predicted octanol–water partition coefficient (Wildman–Crippen LogP) is 1.70. The first-order chi connectivity index (χ1) is 9.44. The van der Waals surface area contributed by atoms with E-state index in [0.717, 1.165) is 24.2 Å². The molecule has 0 spiro atoms. The molecule has 1 aromatic rings. The molecule has 0 amide bonds. The van der Waals surface area contributed by atoms with Gasteiger partial charge in [-0.05, 0) is 44.5 Å². The van der Waals surface area contributed by atoms with Crippen LogP contribution in [-0.4, -0.2) is 40.5 Å². The average molecular weight is 297 g/mol. The number of rotatable bonds is 5. The molecule has 4 nitrogen and oxygen atoms in total. The molecule has 2 atom stereocenters. The fourth-order valence-corrected chi connectivity index (χ4v) is 4.71. The van der Waals surface area contributed by atoms with Crippen LogP contribution >= 0.6 is 0 Å². The number of nitrogens with one attached hydrogen (secondary N) is 1. The summed E-state index contributed by atoms with van der Waals surface area (Å²) in [7, 11) is -1.46. The standard InChI is InChI=1S/C15H23NO3S/c1-11-4-5-12(2)15(8-11)20(17,18)10-14(16-3)13-6-7-19-9-13/h4-5,8,13-14,16H,6-7,9-10H2,1-3H3. The van der Waals surface area contributed by atoms with Crippen molar-refractivity contribution in [3.8, 4) is 0 Å². The van der Waals surface area contributed by atoms with E-state index in [4.69, 9.17) is 4.74 Å². The van der Waals surface area contributed by atoms with Crippen molar-refractivity contribution < 1.29 is 13.2 Å². The lowest BCUT2D eigenvalue weighted by Gasteiger charge is -2.22. The van der Waals surface area contributed by atoms with Gasteiger partial charge in [-0.15, -0.1) is 0 Å². The van der Waals surface area contributed by atoms with Crippen LogP contribution in [0.25, 0.3) is 0 Å². The molecule has 0 radical (unpaired) electrons. The fourth-order valence-electron chi connectivity index (χ4n) is 2.69. The van der Waals surface area contributed by atoms with Crippen LogP contribution in [0.3, 0.4) is 0 Å². The Kier molecular flexibility index (Phi) is 4.83. The van der Waals surface area contributed by atoms with Gasteiger partial charge in [0, 0.05) is 18.6 Å². The van der Waals surface area contributed by atoms with Crippen LogP contribution in [0.15, 0.2) is 23.1 Å². The fraction of sp³-hybridized carbons (Fsp3) is 0.600. The molecule has 112 valence electrons. The summed E-state index contributed by atoms with van der Waals surface area (Å²) in [5.41, 5.74) is 1.78. The lowest BCUT2D eigenvalue weighted by Crippen LogP contribution is -2.40. The minimum atomic E-state index is -3.28. The Morgan fingerprint density at radius 1 is 1.40 bits per heavy atom. The summed E-state index contributed by atoms with van der Waals surface area (Å²) < 4.78 is 30.7. The monoisotopic (exact) mass is 297 g/mol. The van der Waals surface area contributed by atoms with Gasteiger partial charge in [0.05, 0.1) is 17.3 Å². The number of aryl methyl sites for hydroxylation is 2. The van der Waals surface area contributed by atoms with E-state index in [0.29, 0.717) is 11.5 Å². The van der Waals surface area contributed by atoms with E-state index in [1.165, 1.54) is 0 Å². The second kappa shape index (κ2) is 6.24. The summed E-state index contributed by atoms with van der Waals surface area (Å²) in [6.45, 7) is 5.14. The van der Waals surface area contributed by atoms with E-state index in [1.807, 2.05) is 33.0 Å². The smallest absolute Gasteiger partial charge is 0.180 e. The molecule has 1 fully saturated rings. The normalized spacial score (nSPS) is 21.1. The van der Waals surface area contributed by atoms with Gasteiger partial charge < -0.3 is 10.1 Å². The number of ether oxygens (including phenoxy) is 1. The molecule has 1 aliphatic heterocycles. The Hall–Kier alpha value is -0.910. The van der Waals surface area contributed by atoms with Crippen molar-refractivity contribution in [3.63, 3.8) is 0 Å². The molecular formula is C15H23NO3S. The van der Waals surface area contributed by atoms with E-state index >= 15 is 0 Å². The quantitative estimate of drug-likeness (QED) is 0.899. The van der Waals surface area contributed by atoms with Gasteiger partial charge in [-0.1, -0.05) is 12.1 Å². The average Bonchev–Trinajstić information content (AvgIpc) is 2.92. The third-order valence-electron chi connectivity index (χ3n) is 3.98. The second-order valence-electron chi connectivity index (χ2n) is 5.57. The summed E-state index contributed by atoms with van der Waals surface area (Å²) >= 11 is 0. The van der Waals surface area contributed by atoms with Gasteiger partial charge in [-0.3, -0.25) is 0 Å². The second-order valence-corrected chi connectivity index (χ2v) is 7.57. The Labute approximate surface area is 121 Å². The number of benzene rings is 1. The largest absolute Gasteiger partial charge is 0.381 e. The number of hydrogen-bond donors (Lipinski definition) is 1. The highest BCUT2D eigenvalue weighted by Crippen LogP contribution is 2.23. The zero-order valence-electron chi connectivity index (χ0n) is 12.3. The van der Waals surface area contributed by atoms with Gasteiger partial charge in [0.15, 0.2) is 9.84 Å². The third-order valence-corrected chi connectivity index (χ3v) is 5.89. The summed E-state index contributed by atoms with van der Waals surface area (Å²) in [4.78, 5) is 0.455. The molecule has 5 heteroatoms. The van der Waals surface area contributed by atoms with Crippen molar-refractivity contribution in [2.75, 3.05) is 26.0 Å². The zero-order chi connectivity index (χ0) is 14.8. The van der Waals surface area contributed by atoms with E-state index in [-0.39, 0.29) is 17.7 Å². The highest BCUT2D eigenvalue weighted by atomic mass is 32.2. The van der Waals surface area contributed by atoms with Gasteiger partial charge in [-0.2, -0.15) is 0 Å². The highest BCUT2D eigenvalue weighted by Gasteiger charge is 2.30. The molecule has 0 saturated carbocycles. The van der Waals surface area contributed by atoms with Crippen molar-refractivity contribution in [1.82, 2.24) is 5.32 Å². The molecule has 2 unspecified atom stereocenters. The van der Waals surface area contributed by atoms with E-state index < -0.39 is 9.84 Å². The maximum atomic E-state index is 12.7. The summed E-state index contributed by atoms with van der Waals surface area (Å²) in [6.07, 6.45) is 0.924. The van der Waals surface area contributed by atoms with Gasteiger partial charge in [-0.25, -0.2) is 8.42 Å². The summed E-state index contributed by atoms with van der Waals surface area (Å²) in [5, 5.41) is 3.14. The molecule has 1 saturated heterocycles. The Morgan fingerprint density at radius 3 is 2.75 bits per heavy atom. The van der Waals surface area contributed by atoms with Crippen molar-refractivity contribution in [3.05, 3.63) is 29.3 Å². The van der Waals surface area contributed by atoms with Crippen LogP contribution in [0.2, 0.25) is 0 Å². The molecule has 0 aromatic heterocycles. The van der Waals surface area contributed by atoms with Crippen LogP contribution in [-0.2, 0) is 14.6 Å². The minimum Gasteiger partial charge on any atom is -0.381 e. The van der Waals surface area contributed by atoms with Gasteiger partial charge in [0.2, 0.25) is 0 Å². The van der Waals surface area contributed by atoms with E-state index in [1.54, 1.807) is 6.07 Å². The van der Waals surface area contributed by atoms with Gasteiger partial charge >= 0.3 is 0 Å². The maximum Gasteiger partial charge on any atom is 0.180 e. The molecule has 2 rings (SSSR count). The van der Waals surface area contributed by atoms with Crippen LogP contribution in [0.5, 0.6) is 0 Å². The topological polar surface area (TPSA) is 55.4 Å². The molecule has 0 bridgehead atoms. The Bertz CT molecular complexity index is 562. The van der Waals surface area contributed by atoms with Gasteiger partial charge in [0.1, 0.15) is 0 Å². The first-order valence-corrected chi connectivity index (χ1v) is 8.64. The molecule has 1 aliphatic rings. The van der Waals surface area contributed by atoms with Crippen LogP contribution in [0.4, 0.5) is 0 Å². The lowest BCUT2D eigenvalue weighted by atomic mass is 10.0. The minimum absolute atomic E-state index is 0.0533. The Balaban J connectivity index is 2.23. The van der Waals surface area contributed by atoms with Crippen molar-refractivity contribution in [1.29, 1.82) is 0 Å². The summed E-state index contributed by atoms with van der Waals surface area (Å²) in [5.74, 6) is 0.404. The first-order valence-electron chi connectivity index (χ1n) is 6.99. The van der Waals surface area contributed by atoms with E-state index in [2.05, 4.69) is 5.32 Å². The Morgan fingerprint density at radius 2 is 2.15 bits per heavy atom. The van der Waals surface area contributed by atoms with Crippen LogP contribution in [0, 0.1) is 19.8 Å². The molecular weight excluding hydrogens is 274 g/mol. The summed E-state index contributed by atoms with van der Waals surface area (Å²) in [6, 6.07) is 5.52. The van der Waals surface area contributed by atoms with Crippen molar-refractivity contribution >= 4 is 9.84 Å². The maximum absolute atomic E-state index is 12.7.